The zero-order valence-electron chi connectivity index (χ0n) is 17.7. The van der Waals surface area contributed by atoms with Crippen LogP contribution in [0.15, 0.2) is 28.8 Å². The van der Waals surface area contributed by atoms with E-state index in [-0.39, 0.29) is 17.9 Å². The molecule has 30 heavy (non-hydrogen) atoms. The van der Waals surface area contributed by atoms with Gasteiger partial charge in [-0.3, -0.25) is 4.79 Å². The van der Waals surface area contributed by atoms with Gasteiger partial charge in [-0.25, -0.2) is 4.68 Å². The second-order valence-corrected chi connectivity index (χ2v) is 8.83. The summed E-state index contributed by atoms with van der Waals surface area (Å²) >= 11 is 0. The van der Waals surface area contributed by atoms with Gasteiger partial charge in [0.25, 0.3) is 5.91 Å². The first-order chi connectivity index (χ1) is 14.5. The van der Waals surface area contributed by atoms with Gasteiger partial charge in [0.1, 0.15) is 6.04 Å². The number of carbonyl (C=O) groups is 1. The summed E-state index contributed by atoms with van der Waals surface area (Å²) in [4.78, 5) is 17.8. The van der Waals surface area contributed by atoms with Gasteiger partial charge in [0, 0.05) is 17.2 Å². The normalized spacial score (nSPS) is 16.7. The minimum absolute atomic E-state index is 0.119. The molecule has 1 N–H and O–H groups in total. The van der Waals surface area contributed by atoms with Crippen LogP contribution in [0.3, 0.4) is 0 Å². The van der Waals surface area contributed by atoms with E-state index in [1.807, 2.05) is 18.5 Å². The first-order valence-corrected chi connectivity index (χ1v) is 10.8. The average Bonchev–Trinajstić information content (AvgIpc) is 3.14. The van der Waals surface area contributed by atoms with Gasteiger partial charge in [0.05, 0.1) is 5.69 Å². The van der Waals surface area contributed by atoms with Gasteiger partial charge in [-0.05, 0) is 57.1 Å². The monoisotopic (exact) mass is 405 g/mol. The van der Waals surface area contributed by atoms with Crippen molar-refractivity contribution in [3.05, 3.63) is 58.5 Å². The molecule has 1 unspecified atom stereocenters. The second kappa shape index (κ2) is 7.38. The molecule has 7 heteroatoms. The molecule has 1 saturated carbocycles. The summed E-state index contributed by atoms with van der Waals surface area (Å²) < 4.78 is 7.43. The fourth-order valence-corrected chi connectivity index (χ4v) is 4.12. The minimum Gasteiger partial charge on any atom is -0.339 e. The van der Waals surface area contributed by atoms with Crippen LogP contribution in [0.25, 0.3) is 5.69 Å². The summed E-state index contributed by atoms with van der Waals surface area (Å²) in [6.45, 7) is 6.15. The summed E-state index contributed by atoms with van der Waals surface area (Å²) in [5, 5.41) is 11.9. The molecular weight excluding hydrogens is 378 g/mol. The molecule has 0 saturated heterocycles. The lowest BCUT2D eigenvalue weighted by Gasteiger charge is -2.18. The topological polar surface area (TPSA) is 85.8 Å². The number of nitrogens with one attached hydrogen (secondary N) is 1. The van der Waals surface area contributed by atoms with E-state index in [2.05, 4.69) is 46.6 Å². The van der Waals surface area contributed by atoms with E-state index >= 15 is 0 Å². The molecule has 2 aliphatic rings. The highest BCUT2D eigenvalue weighted by atomic mass is 16.5. The van der Waals surface area contributed by atoms with Crippen LogP contribution >= 0.6 is 0 Å². The zero-order chi connectivity index (χ0) is 20.8. The molecule has 1 atom stereocenters. The molecule has 0 spiro atoms. The fourth-order valence-electron chi connectivity index (χ4n) is 4.12. The molecule has 7 nitrogen and oxygen atoms in total. The molecule has 1 fully saturated rings. The zero-order valence-corrected chi connectivity index (χ0v) is 17.7. The lowest BCUT2D eigenvalue weighted by atomic mass is 10.0. The van der Waals surface area contributed by atoms with Crippen molar-refractivity contribution >= 4 is 5.91 Å². The molecule has 0 aliphatic heterocycles. The highest BCUT2D eigenvalue weighted by Gasteiger charge is 2.33. The summed E-state index contributed by atoms with van der Waals surface area (Å²) in [6, 6.07) is 7.91. The maximum Gasteiger partial charge on any atom is 0.272 e. The Balaban J connectivity index is 1.43. The Hall–Kier alpha value is -2.96. The van der Waals surface area contributed by atoms with Crippen molar-refractivity contribution in [3.8, 4) is 5.69 Å². The number of aromatic nitrogens is 4. The van der Waals surface area contributed by atoms with Crippen molar-refractivity contribution in [3.63, 3.8) is 0 Å². The number of benzene rings is 1. The standard InChI is InChI=1S/C23H27N5O2/c1-13(2)19(23-25-21(27-30-23)15-9-10-15)24-22(29)20-17-5-4-6-18(17)28(26-20)16-11-7-14(3)8-12-16/h7-8,11-13,15,19H,4-6,9-10H2,1-3H3,(H,24,29). The van der Waals surface area contributed by atoms with Crippen LogP contribution in [0.4, 0.5) is 0 Å². The van der Waals surface area contributed by atoms with Crippen LogP contribution in [0.1, 0.15) is 84.1 Å². The molecular formula is C23H27N5O2. The lowest BCUT2D eigenvalue weighted by Crippen LogP contribution is -2.33. The van der Waals surface area contributed by atoms with E-state index < -0.39 is 0 Å². The number of hydrogen-bond acceptors (Lipinski definition) is 5. The predicted molar refractivity (Wildman–Crippen MR) is 112 cm³/mol. The lowest BCUT2D eigenvalue weighted by molar-refractivity contribution is 0.0907. The summed E-state index contributed by atoms with van der Waals surface area (Å²) in [7, 11) is 0. The number of rotatable bonds is 6. The van der Waals surface area contributed by atoms with Gasteiger partial charge in [-0.15, -0.1) is 0 Å². The Bertz CT molecular complexity index is 1080. The third kappa shape index (κ3) is 3.42. The number of aryl methyl sites for hydroxylation is 1. The third-order valence-electron chi connectivity index (χ3n) is 6.04. The molecule has 156 valence electrons. The molecule has 2 aromatic heterocycles. The van der Waals surface area contributed by atoms with Crippen molar-refractivity contribution in [2.24, 2.45) is 5.92 Å². The summed E-state index contributed by atoms with van der Waals surface area (Å²) in [5.41, 5.74) is 4.89. The van der Waals surface area contributed by atoms with Crippen molar-refractivity contribution in [1.82, 2.24) is 25.2 Å². The maximum absolute atomic E-state index is 13.3. The van der Waals surface area contributed by atoms with Crippen LogP contribution in [-0.4, -0.2) is 25.8 Å². The number of hydrogen-bond donors (Lipinski definition) is 1. The van der Waals surface area contributed by atoms with Gasteiger partial charge < -0.3 is 9.84 Å². The second-order valence-electron chi connectivity index (χ2n) is 8.83. The van der Waals surface area contributed by atoms with Gasteiger partial charge >= 0.3 is 0 Å². The average molecular weight is 406 g/mol. The Kier molecular flexibility index (Phi) is 4.68. The first-order valence-electron chi connectivity index (χ1n) is 10.8. The predicted octanol–water partition coefficient (Wildman–Crippen LogP) is 4.06. The molecule has 0 bridgehead atoms. The van der Waals surface area contributed by atoms with Gasteiger partial charge in [0.2, 0.25) is 5.89 Å². The Morgan fingerprint density at radius 1 is 1.20 bits per heavy atom. The van der Waals surface area contributed by atoms with E-state index in [0.717, 1.165) is 54.9 Å². The molecule has 1 aromatic carbocycles. The van der Waals surface area contributed by atoms with Crippen LogP contribution in [0.5, 0.6) is 0 Å². The highest BCUT2D eigenvalue weighted by Crippen LogP contribution is 2.39. The van der Waals surface area contributed by atoms with E-state index in [0.29, 0.717) is 17.5 Å². The van der Waals surface area contributed by atoms with Crippen molar-refractivity contribution in [2.75, 3.05) is 0 Å². The molecule has 5 rings (SSSR count). The van der Waals surface area contributed by atoms with E-state index in [1.165, 1.54) is 5.56 Å². The van der Waals surface area contributed by atoms with Crippen molar-refractivity contribution in [2.45, 2.75) is 64.8 Å². The van der Waals surface area contributed by atoms with Crippen molar-refractivity contribution in [1.29, 1.82) is 0 Å². The van der Waals surface area contributed by atoms with Crippen LogP contribution in [0, 0.1) is 12.8 Å². The fraction of sp³-hybridized carbons (Fsp3) is 0.478. The molecule has 0 radical (unpaired) electrons. The number of carbonyl (C=O) groups excluding carboxylic acids is 1. The molecule has 2 heterocycles. The number of amides is 1. The van der Waals surface area contributed by atoms with E-state index in [9.17, 15) is 4.79 Å². The first kappa shape index (κ1) is 19.0. The highest BCUT2D eigenvalue weighted by molar-refractivity contribution is 5.94. The summed E-state index contributed by atoms with van der Waals surface area (Å²) in [6.07, 6.45) is 5.08. The van der Waals surface area contributed by atoms with Crippen LogP contribution < -0.4 is 5.32 Å². The quantitative estimate of drug-likeness (QED) is 0.668. The minimum atomic E-state index is -0.334. The Morgan fingerprint density at radius 3 is 2.67 bits per heavy atom. The molecule has 1 amide bonds. The SMILES string of the molecule is Cc1ccc(-n2nc(C(=O)NC(c3nc(C4CC4)no3)C(C)C)c3c2CCC3)cc1. The van der Waals surface area contributed by atoms with Crippen molar-refractivity contribution < 1.29 is 9.32 Å². The van der Waals surface area contributed by atoms with E-state index in [1.54, 1.807) is 0 Å². The van der Waals surface area contributed by atoms with Gasteiger partial charge in [-0.1, -0.05) is 36.7 Å². The summed E-state index contributed by atoms with van der Waals surface area (Å²) in [5.74, 6) is 1.60. The Labute approximate surface area is 175 Å². The van der Waals surface area contributed by atoms with Crippen LogP contribution in [0.2, 0.25) is 0 Å². The number of fused-ring (bicyclic) bond motifs is 1. The molecule has 2 aliphatic carbocycles. The molecule has 3 aromatic rings. The number of nitrogens with zero attached hydrogens (tertiary/aromatic N) is 4. The smallest absolute Gasteiger partial charge is 0.272 e. The van der Waals surface area contributed by atoms with E-state index in [4.69, 9.17) is 9.62 Å². The third-order valence-corrected chi connectivity index (χ3v) is 6.04. The largest absolute Gasteiger partial charge is 0.339 e. The van der Waals surface area contributed by atoms with Crippen LogP contribution in [-0.2, 0) is 12.8 Å². The van der Waals surface area contributed by atoms with Gasteiger partial charge in [0.15, 0.2) is 11.5 Å². The van der Waals surface area contributed by atoms with Gasteiger partial charge in [-0.2, -0.15) is 10.1 Å². The Morgan fingerprint density at radius 2 is 1.97 bits per heavy atom. The maximum atomic E-state index is 13.3.